The minimum absolute atomic E-state index is 0.0692. The second kappa shape index (κ2) is 18.6. The second-order valence-electron chi connectivity index (χ2n) is 18.3. The monoisotopic (exact) mass is 876 g/mol. The lowest BCUT2D eigenvalue weighted by atomic mass is 9.88. The molecule has 5 aromatic rings. The average Bonchev–Trinajstić information content (AvgIpc) is 3.88. The van der Waals surface area contributed by atoms with Crippen LogP contribution in [-0.4, -0.2) is 121 Å². The Hall–Kier alpha value is -6.45. The van der Waals surface area contributed by atoms with Gasteiger partial charge in [0.05, 0.1) is 11.4 Å². The first-order chi connectivity index (χ1) is 31.7. The SMILES string of the molecule is Nc1ncnc2c1c(-c1ccc(Oc3ccccc3)cc1)nn2C1CCN(CC2CCN(C/C=C/C(=O)N3CCC(c4ccc5c(c4)CN(C4CCC(=O)NC4=O)C5=O)CC3)CC2)CC1. The number of piperidine rings is 4. The van der Waals surface area contributed by atoms with E-state index in [2.05, 4.69) is 35.8 Å². The van der Waals surface area contributed by atoms with Crippen LogP contribution in [0.5, 0.6) is 11.5 Å². The van der Waals surface area contributed by atoms with Crippen molar-refractivity contribution >= 4 is 40.5 Å². The van der Waals surface area contributed by atoms with Crippen LogP contribution in [-0.2, 0) is 20.9 Å². The summed E-state index contributed by atoms with van der Waals surface area (Å²) in [5.74, 6) is 2.16. The minimum Gasteiger partial charge on any atom is -0.457 e. The van der Waals surface area contributed by atoms with Crippen LogP contribution in [0.3, 0.4) is 0 Å². The quantitative estimate of drug-likeness (QED) is 0.119. The summed E-state index contributed by atoms with van der Waals surface area (Å²) in [6, 6.07) is 23.3. The van der Waals surface area contributed by atoms with E-state index < -0.39 is 11.9 Å². The number of nitrogen functional groups attached to an aromatic ring is 1. The highest BCUT2D eigenvalue weighted by atomic mass is 16.5. The summed E-state index contributed by atoms with van der Waals surface area (Å²) < 4.78 is 8.09. The number of nitrogens with two attached hydrogens (primary N) is 1. The predicted molar refractivity (Wildman–Crippen MR) is 246 cm³/mol. The molecule has 1 unspecified atom stereocenters. The third-order valence-electron chi connectivity index (χ3n) is 14.2. The maximum atomic E-state index is 13.2. The lowest BCUT2D eigenvalue weighted by Gasteiger charge is -2.37. The van der Waals surface area contributed by atoms with Gasteiger partial charge in [0.2, 0.25) is 17.7 Å². The zero-order valence-electron chi connectivity index (χ0n) is 36.7. The number of rotatable bonds is 11. The fourth-order valence-corrected chi connectivity index (χ4v) is 10.5. The first kappa shape index (κ1) is 42.5. The van der Waals surface area contributed by atoms with Gasteiger partial charge in [0.25, 0.3) is 5.91 Å². The number of ether oxygens (including phenoxy) is 1. The molecular weight excluding hydrogens is 821 g/mol. The molecule has 4 fully saturated rings. The number of carbonyl (C=O) groups excluding carboxylic acids is 4. The Labute approximate surface area is 378 Å². The van der Waals surface area contributed by atoms with Crippen molar-refractivity contribution in [2.24, 2.45) is 5.92 Å². The van der Waals surface area contributed by atoms with Crippen LogP contribution in [0.1, 0.15) is 84.8 Å². The fraction of sp³-hybridized carbons (Fsp3) is 0.420. The molecule has 10 rings (SSSR count). The number of hydrogen-bond donors (Lipinski definition) is 2. The molecule has 5 aliphatic rings. The van der Waals surface area contributed by atoms with Gasteiger partial charge in [-0.25, -0.2) is 14.6 Å². The molecule has 15 heteroatoms. The summed E-state index contributed by atoms with van der Waals surface area (Å²) in [4.78, 5) is 68.0. The Balaban J connectivity index is 0.655. The molecule has 0 bridgehead atoms. The van der Waals surface area contributed by atoms with Crippen molar-refractivity contribution < 1.29 is 23.9 Å². The first-order valence-electron chi connectivity index (χ1n) is 23.2. The zero-order chi connectivity index (χ0) is 44.4. The van der Waals surface area contributed by atoms with E-state index in [9.17, 15) is 19.2 Å². The molecule has 0 saturated carbocycles. The van der Waals surface area contributed by atoms with Crippen LogP contribution in [0.4, 0.5) is 5.82 Å². The Morgan fingerprint density at radius 3 is 2.31 bits per heavy atom. The van der Waals surface area contributed by atoms with Crippen molar-refractivity contribution in [1.29, 1.82) is 0 Å². The number of anilines is 1. The normalized spacial score (nSPS) is 20.8. The molecule has 0 aliphatic carbocycles. The van der Waals surface area contributed by atoms with Crippen LogP contribution in [0.2, 0.25) is 0 Å². The van der Waals surface area contributed by atoms with E-state index >= 15 is 0 Å². The van der Waals surface area contributed by atoms with Gasteiger partial charge in [-0.1, -0.05) is 36.4 Å². The molecule has 4 amide bonds. The van der Waals surface area contributed by atoms with Crippen molar-refractivity contribution in [1.82, 2.24) is 44.7 Å². The molecule has 4 saturated heterocycles. The Kier molecular flexibility index (Phi) is 12.1. The van der Waals surface area contributed by atoms with Crippen LogP contribution < -0.4 is 15.8 Å². The third kappa shape index (κ3) is 9.12. The van der Waals surface area contributed by atoms with Gasteiger partial charge < -0.3 is 25.2 Å². The summed E-state index contributed by atoms with van der Waals surface area (Å²) >= 11 is 0. The standard InChI is InChI=1S/C50H56N10O5/c51-47-45-46(35-8-11-40(12-9-35)65-39-5-2-1-3-6-39)55-60(48(45)53-32-52-47)38-20-25-57(26-21-38)30-33-16-23-56(24-17-33)22-4-7-44(62)58-27-18-34(19-28-58)36-10-13-41-37(29-36)31-59(50(41)64)42-14-15-43(61)54-49(42)63/h1-13,29,32-34,38,42H,14-28,30-31H2,(H2,51,52,53)(H,54,61,63)/b7-4+. The van der Waals surface area contributed by atoms with Crippen molar-refractivity contribution in [2.75, 3.05) is 58.1 Å². The lowest BCUT2D eigenvalue weighted by Crippen LogP contribution is -2.52. The topological polar surface area (TPSA) is 172 Å². The lowest BCUT2D eigenvalue weighted by molar-refractivity contribution is -0.137. The maximum absolute atomic E-state index is 13.2. The number of para-hydroxylation sites is 1. The van der Waals surface area contributed by atoms with Gasteiger partial charge in [0.15, 0.2) is 5.65 Å². The molecule has 3 aromatic carbocycles. The van der Waals surface area contributed by atoms with E-state index in [1.54, 1.807) is 11.0 Å². The van der Waals surface area contributed by atoms with Crippen LogP contribution in [0, 0.1) is 5.92 Å². The van der Waals surface area contributed by atoms with E-state index in [0.717, 1.165) is 117 Å². The van der Waals surface area contributed by atoms with E-state index in [4.69, 9.17) is 15.6 Å². The Morgan fingerprint density at radius 1 is 0.815 bits per heavy atom. The zero-order valence-corrected chi connectivity index (χ0v) is 36.7. The maximum Gasteiger partial charge on any atom is 0.255 e. The molecule has 15 nitrogen and oxygen atoms in total. The highest BCUT2D eigenvalue weighted by molar-refractivity contribution is 6.05. The number of benzene rings is 3. The highest BCUT2D eigenvalue weighted by Crippen LogP contribution is 2.37. The van der Waals surface area contributed by atoms with E-state index in [1.807, 2.05) is 77.7 Å². The average molecular weight is 877 g/mol. The summed E-state index contributed by atoms with van der Waals surface area (Å²) in [5.41, 5.74) is 11.7. The molecule has 0 radical (unpaired) electrons. The minimum atomic E-state index is -0.617. The number of hydrogen-bond acceptors (Lipinski definition) is 11. The molecular formula is C50H56N10O5. The van der Waals surface area contributed by atoms with Crippen molar-refractivity contribution in [2.45, 2.75) is 75.9 Å². The van der Waals surface area contributed by atoms with Gasteiger partial charge in [-0.05, 0) is 123 Å². The van der Waals surface area contributed by atoms with Gasteiger partial charge in [0.1, 0.15) is 35.4 Å². The molecule has 7 heterocycles. The summed E-state index contributed by atoms with van der Waals surface area (Å²) in [5, 5.41) is 8.28. The van der Waals surface area contributed by atoms with Crippen molar-refractivity contribution in [3.05, 3.63) is 108 Å². The Morgan fingerprint density at radius 2 is 1.55 bits per heavy atom. The van der Waals surface area contributed by atoms with Crippen LogP contribution >= 0.6 is 0 Å². The number of nitrogens with zero attached hydrogens (tertiary/aromatic N) is 8. The van der Waals surface area contributed by atoms with Gasteiger partial charge >= 0.3 is 0 Å². The summed E-state index contributed by atoms with van der Waals surface area (Å²) in [7, 11) is 0. The number of imide groups is 1. The summed E-state index contributed by atoms with van der Waals surface area (Å²) in [6.45, 7) is 7.73. The fourth-order valence-electron chi connectivity index (χ4n) is 10.5. The van der Waals surface area contributed by atoms with Gasteiger partial charge in [-0.2, -0.15) is 5.10 Å². The summed E-state index contributed by atoms with van der Waals surface area (Å²) in [6.07, 6.45) is 11.9. The van der Waals surface area contributed by atoms with E-state index in [-0.39, 0.29) is 30.2 Å². The number of likely N-dealkylation sites (tertiary alicyclic amines) is 3. The van der Waals surface area contributed by atoms with Gasteiger partial charge in [-0.3, -0.25) is 29.4 Å². The molecule has 0 spiro atoms. The highest BCUT2D eigenvalue weighted by Gasteiger charge is 2.39. The van der Waals surface area contributed by atoms with Gasteiger partial charge in [-0.15, -0.1) is 0 Å². The van der Waals surface area contributed by atoms with E-state index in [1.165, 1.54) is 11.9 Å². The number of nitrogens with one attached hydrogen (secondary N) is 1. The van der Waals surface area contributed by atoms with E-state index in [0.29, 0.717) is 49.3 Å². The number of carbonyl (C=O) groups is 4. The predicted octanol–water partition coefficient (Wildman–Crippen LogP) is 5.94. The molecule has 3 N–H and O–H groups in total. The van der Waals surface area contributed by atoms with Crippen LogP contribution in [0.25, 0.3) is 22.3 Å². The molecule has 5 aliphatic heterocycles. The number of fused-ring (bicyclic) bond motifs is 2. The van der Waals surface area contributed by atoms with Crippen molar-refractivity contribution in [3.8, 4) is 22.8 Å². The number of aromatic nitrogens is 4. The second-order valence-corrected chi connectivity index (χ2v) is 18.3. The molecule has 1 atom stereocenters. The van der Waals surface area contributed by atoms with Crippen molar-refractivity contribution in [3.63, 3.8) is 0 Å². The third-order valence-corrected chi connectivity index (χ3v) is 14.2. The largest absolute Gasteiger partial charge is 0.457 e. The van der Waals surface area contributed by atoms with Gasteiger partial charge in [0, 0.05) is 69.4 Å². The first-order valence-corrected chi connectivity index (χ1v) is 23.2. The van der Waals surface area contributed by atoms with Crippen LogP contribution in [0.15, 0.2) is 91.3 Å². The molecule has 2 aromatic heterocycles. The Bertz CT molecular complexity index is 2590. The smallest absolute Gasteiger partial charge is 0.255 e. The number of amides is 4. The molecule has 336 valence electrons. The molecule has 65 heavy (non-hydrogen) atoms.